The number of imide groups is 1. The van der Waals surface area contributed by atoms with Gasteiger partial charge in [-0.1, -0.05) is 78.9 Å². The minimum Gasteiger partial charge on any atom is -0.334 e. The molecular formula is C38H36FN5O3. The van der Waals surface area contributed by atoms with Crippen LogP contribution in [0.15, 0.2) is 108 Å². The summed E-state index contributed by atoms with van der Waals surface area (Å²) in [5, 5.41) is 6.27. The zero-order valence-corrected chi connectivity index (χ0v) is 26.0. The Labute approximate surface area is 273 Å². The molecule has 1 atom stereocenters. The van der Waals surface area contributed by atoms with E-state index in [2.05, 4.69) is 10.6 Å². The molecule has 0 aromatic heterocycles. The number of nitrogens with one attached hydrogen (secondary N) is 2. The molecule has 1 aliphatic carbocycles. The number of nitrogens with zero attached hydrogens (tertiary/aromatic N) is 3. The lowest BCUT2D eigenvalue weighted by atomic mass is 9.91. The average molecular weight is 630 g/mol. The third-order valence-corrected chi connectivity index (χ3v) is 9.46. The van der Waals surface area contributed by atoms with E-state index in [1.807, 2.05) is 78.9 Å². The Kier molecular flexibility index (Phi) is 8.39. The van der Waals surface area contributed by atoms with Crippen molar-refractivity contribution in [1.82, 2.24) is 20.4 Å². The first kappa shape index (κ1) is 30.5. The number of fused-ring (bicyclic) bond motifs is 2. The molecule has 3 aliphatic rings. The highest BCUT2D eigenvalue weighted by Gasteiger charge is 2.55. The second-order valence-corrected chi connectivity index (χ2v) is 12.4. The predicted octanol–water partition coefficient (Wildman–Crippen LogP) is 5.47. The Morgan fingerprint density at radius 1 is 0.894 bits per heavy atom. The van der Waals surface area contributed by atoms with Crippen molar-refractivity contribution in [2.45, 2.75) is 43.8 Å². The van der Waals surface area contributed by atoms with Crippen molar-refractivity contribution in [3.8, 4) is 0 Å². The zero-order valence-electron chi connectivity index (χ0n) is 26.0. The standard InChI is InChI=1S/C38H36FN5O3/c39-30-13-11-26(12-14-30)24-43(32-18-21-40-22-19-32)34(45)25-44-36(46)38(42-37(44)47)20-17-29-23-31(15-16-33(29)38)41-35(27-7-3-1-4-8-27)28-9-5-2-6-10-28/h1-16,23,32,40H,17-22,24-25H2,(H,42,47)/t38-/m0/s1. The molecular weight excluding hydrogens is 593 g/mol. The van der Waals surface area contributed by atoms with Gasteiger partial charge in [-0.2, -0.15) is 0 Å². The monoisotopic (exact) mass is 629 g/mol. The van der Waals surface area contributed by atoms with E-state index >= 15 is 0 Å². The minimum atomic E-state index is -1.22. The molecule has 2 saturated heterocycles. The van der Waals surface area contributed by atoms with Crippen LogP contribution in [0.3, 0.4) is 0 Å². The summed E-state index contributed by atoms with van der Waals surface area (Å²) in [5.41, 5.74) is 4.84. The van der Waals surface area contributed by atoms with Gasteiger partial charge in [-0.3, -0.25) is 14.5 Å². The van der Waals surface area contributed by atoms with Crippen molar-refractivity contribution in [3.05, 3.63) is 137 Å². The molecule has 1 spiro atoms. The van der Waals surface area contributed by atoms with Crippen LogP contribution in [0.4, 0.5) is 14.9 Å². The third kappa shape index (κ3) is 6.06. The van der Waals surface area contributed by atoms with Crippen LogP contribution >= 0.6 is 0 Å². The van der Waals surface area contributed by atoms with Crippen molar-refractivity contribution >= 4 is 29.2 Å². The van der Waals surface area contributed by atoms with Crippen LogP contribution in [0.1, 0.15) is 47.1 Å². The molecule has 0 bridgehead atoms. The summed E-state index contributed by atoms with van der Waals surface area (Å²) < 4.78 is 13.6. The van der Waals surface area contributed by atoms with Crippen LogP contribution < -0.4 is 10.6 Å². The van der Waals surface area contributed by atoms with E-state index in [9.17, 15) is 18.8 Å². The van der Waals surface area contributed by atoms with Gasteiger partial charge in [0, 0.05) is 23.7 Å². The fraction of sp³-hybridized carbons (Fsp3) is 0.263. The number of carbonyl (C=O) groups excluding carboxylic acids is 3. The van der Waals surface area contributed by atoms with E-state index in [4.69, 9.17) is 4.99 Å². The Morgan fingerprint density at radius 3 is 2.21 bits per heavy atom. The highest BCUT2D eigenvalue weighted by atomic mass is 19.1. The normalized spacial score (nSPS) is 19.0. The molecule has 8 nitrogen and oxygen atoms in total. The number of carbonyl (C=O) groups is 3. The number of rotatable bonds is 8. The van der Waals surface area contributed by atoms with Crippen molar-refractivity contribution in [2.75, 3.05) is 19.6 Å². The lowest BCUT2D eigenvalue weighted by Gasteiger charge is -2.35. The second kappa shape index (κ2) is 12.9. The lowest BCUT2D eigenvalue weighted by Crippen LogP contribution is -2.50. The van der Waals surface area contributed by atoms with Crippen LogP contribution in [-0.4, -0.2) is 59.0 Å². The molecule has 0 unspecified atom stereocenters. The predicted molar refractivity (Wildman–Crippen MR) is 178 cm³/mol. The van der Waals surface area contributed by atoms with Gasteiger partial charge < -0.3 is 15.5 Å². The Morgan fingerprint density at radius 2 is 1.55 bits per heavy atom. The number of aliphatic imine (C=N–C) groups is 1. The Balaban J connectivity index is 1.13. The summed E-state index contributed by atoms with van der Waals surface area (Å²) in [6.07, 6.45) is 2.50. The molecule has 238 valence electrons. The minimum absolute atomic E-state index is 0.0497. The van der Waals surface area contributed by atoms with Crippen LogP contribution in [0, 0.1) is 5.82 Å². The molecule has 0 saturated carbocycles. The topological polar surface area (TPSA) is 94.1 Å². The van der Waals surface area contributed by atoms with E-state index in [0.717, 1.165) is 70.0 Å². The smallest absolute Gasteiger partial charge is 0.325 e. The van der Waals surface area contributed by atoms with Gasteiger partial charge in [0.15, 0.2) is 0 Å². The van der Waals surface area contributed by atoms with Crippen molar-refractivity contribution < 1.29 is 18.8 Å². The summed E-state index contributed by atoms with van der Waals surface area (Å²) in [6.45, 7) is 1.46. The van der Waals surface area contributed by atoms with Gasteiger partial charge in [-0.25, -0.2) is 14.2 Å². The van der Waals surface area contributed by atoms with Gasteiger partial charge in [-0.15, -0.1) is 0 Å². The third-order valence-electron chi connectivity index (χ3n) is 9.46. The first-order valence-electron chi connectivity index (χ1n) is 16.1. The number of hydrogen-bond acceptors (Lipinski definition) is 5. The van der Waals surface area contributed by atoms with Gasteiger partial charge >= 0.3 is 6.03 Å². The Bertz CT molecular complexity index is 1780. The summed E-state index contributed by atoms with van der Waals surface area (Å²) in [6, 6.07) is 31.2. The van der Waals surface area contributed by atoms with E-state index < -0.39 is 17.5 Å². The van der Waals surface area contributed by atoms with Crippen LogP contribution in [0.2, 0.25) is 0 Å². The number of benzene rings is 4. The second-order valence-electron chi connectivity index (χ2n) is 12.4. The van der Waals surface area contributed by atoms with Crippen molar-refractivity contribution in [3.63, 3.8) is 0 Å². The molecule has 47 heavy (non-hydrogen) atoms. The maximum absolute atomic E-state index is 14.1. The van der Waals surface area contributed by atoms with Gasteiger partial charge in [0.25, 0.3) is 5.91 Å². The zero-order chi connectivity index (χ0) is 32.4. The summed E-state index contributed by atoms with van der Waals surface area (Å²) >= 11 is 0. The maximum atomic E-state index is 14.1. The van der Waals surface area contributed by atoms with Gasteiger partial charge in [0.05, 0.1) is 11.4 Å². The van der Waals surface area contributed by atoms with Crippen LogP contribution in [0.5, 0.6) is 0 Å². The number of aryl methyl sites for hydroxylation is 1. The largest absolute Gasteiger partial charge is 0.334 e. The van der Waals surface area contributed by atoms with Gasteiger partial charge in [0.1, 0.15) is 17.9 Å². The molecule has 7 rings (SSSR count). The van der Waals surface area contributed by atoms with Crippen LogP contribution in [0.25, 0.3) is 0 Å². The van der Waals surface area contributed by atoms with Crippen molar-refractivity contribution in [2.24, 2.45) is 4.99 Å². The molecule has 2 aliphatic heterocycles. The van der Waals surface area contributed by atoms with Crippen LogP contribution in [-0.2, 0) is 28.1 Å². The number of hydrogen-bond donors (Lipinski definition) is 2. The van der Waals surface area contributed by atoms with Gasteiger partial charge in [0.2, 0.25) is 5.91 Å². The van der Waals surface area contributed by atoms with Crippen molar-refractivity contribution in [1.29, 1.82) is 0 Å². The summed E-state index contributed by atoms with van der Waals surface area (Å²) in [7, 11) is 0. The summed E-state index contributed by atoms with van der Waals surface area (Å²) in [5.74, 6) is -1.06. The molecule has 2 heterocycles. The fourth-order valence-corrected chi connectivity index (χ4v) is 7.02. The average Bonchev–Trinajstić information content (AvgIpc) is 3.59. The summed E-state index contributed by atoms with van der Waals surface area (Å²) in [4.78, 5) is 49.1. The first-order chi connectivity index (χ1) is 22.9. The molecule has 4 amide bonds. The Hall–Kier alpha value is -5.15. The molecule has 4 aromatic rings. The quantitative estimate of drug-likeness (QED) is 0.200. The number of halogens is 1. The van der Waals surface area contributed by atoms with E-state index in [0.29, 0.717) is 12.8 Å². The van der Waals surface area contributed by atoms with Gasteiger partial charge in [-0.05, 0) is 79.7 Å². The lowest BCUT2D eigenvalue weighted by molar-refractivity contribution is -0.141. The molecule has 9 heteroatoms. The molecule has 2 fully saturated rings. The highest BCUT2D eigenvalue weighted by Crippen LogP contribution is 2.43. The highest BCUT2D eigenvalue weighted by molar-refractivity contribution is 6.14. The van der Waals surface area contributed by atoms with E-state index in [1.165, 1.54) is 12.1 Å². The number of urea groups is 1. The SMILES string of the molecule is O=C1N[C@]2(CCc3cc(N=C(c4ccccc4)c4ccccc4)ccc32)C(=O)N1CC(=O)N(Cc1ccc(F)cc1)C1CCNCC1. The molecule has 0 radical (unpaired) electrons. The number of amides is 4. The maximum Gasteiger partial charge on any atom is 0.325 e. The molecule has 4 aromatic carbocycles. The number of piperidine rings is 1. The molecule has 2 N–H and O–H groups in total. The fourth-order valence-electron chi connectivity index (χ4n) is 7.02. The van der Waals surface area contributed by atoms with E-state index in [-0.39, 0.29) is 30.9 Å². The first-order valence-corrected chi connectivity index (χ1v) is 16.1. The van der Waals surface area contributed by atoms with E-state index in [1.54, 1.807) is 17.0 Å².